The zero-order chi connectivity index (χ0) is 13.8. The second kappa shape index (κ2) is 6.19. The van der Waals surface area contributed by atoms with E-state index in [1.54, 1.807) is 0 Å². The zero-order valence-electron chi connectivity index (χ0n) is 11.5. The molecule has 2 heteroatoms. The molecule has 102 valence electrons. The summed E-state index contributed by atoms with van der Waals surface area (Å²) in [5.41, 5.74) is 2.64. The molecule has 1 aliphatic rings. The van der Waals surface area contributed by atoms with Gasteiger partial charge in [0.2, 0.25) is 0 Å². The largest absolute Gasteiger partial charge is 0.355 e. The lowest BCUT2D eigenvalue weighted by molar-refractivity contribution is 0.326. The molecule has 1 nitrogen and oxygen atoms in total. The molecule has 0 bridgehead atoms. The molecular weight excluding hydrogens is 262 g/mol. The minimum atomic E-state index is 0.255. The van der Waals surface area contributed by atoms with Crippen molar-refractivity contribution in [1.82, 2.24) is 4.90 Å². The van der Waals surface area contributed by atoms with E-state index in [4.69, 9.17) is 12.2 Å². The van der Waals surface area contributed by atoms with E-state index in [2.05, 4.69) is 65.6 Å². The van der Waals surface area contributed by atoms with Crippen molar-refractivity contribution in [2.45, 2.75) is 25.3 Å². The van der Waals surface area contributed by atoms with Crippen LogP contribution in [0.3, 0.4) is 0 Å². The first-order chi connectivity index (χ1) is 9.86. The highest BCUT2D eigenvalue weighted by Gasteiger charge is 2.25. The third kappa shape index (κ3) is 2.75. The number of piperidine rings is 1. The van der Waals surface area contributed by atoms with Gasteiger partial charge in [0.25, 0.3) is 0 Å². The lowest BCUT2D eigenvalue weighted by atomic mass is 9.95. The van der Waals surface area contributed by atoms with Crippen LogP contribution in [0.15, 0.2) is 60.7 Å². The van der Waals surface area contributed by atoms with Gasteiger partial charge in [-0.1, -0.05) is 72.9 Å². The second-order valence-electron chi connectivity index (χ2n) is 5.27. The van der Waals surface area contributed by atoms with E-state index < -0.39 is 0 Å². The molecule has 0 aliphatic carbocycles. The van der Waals surface area contributed by atoms with Crippen molar-refractivity contribution < 1.29 is 0 Å². The van der Waals surface area contributed by atoms with E-state index in [1.807, 2.05) is 0 Å². The first-order valence-corrected chi connectivity index (χ1v) is 7.66. The quantitative estimate of drug-likeness (QED) is 0.757. The molecule has 1 saturated heterocycles. The van der Waals surface area contributed by atoms with E-state index in [1.165, 1.54) is 24.0 Å². The van der Waals surface area contributed by atoms with Gasteiger partial charge in [-0.25, -0.2) is 0 Å². The number of benzene rings is 2. The third-order valence-corrected chi connectivity index (χ3v) is 4.34. The number of hydrogen-bond donors (Lipinski definition) is 0. The van der Waals surface area contributed by atoms with Gasteiger partial charge in [0.05, 0.1) is 11.0 Å². The minimum absolute atomic E-state index is 0.255. The first-order valence-electron chi connectivity index (χ1n) is 7.25. The number of nitrogens with zero attached hydrogens (tertiary/aromatic N) is 1. The minimum Gasteiger partial charge on any atom is -0.355 e. The lowest BCUT2D eigenvalue weighted by Crippen LogP contribution is -2.37. The Morgan fingerprint density at radius 3 is 1.85 bits per heavy atom. The molecule has 3 rings (SSSR count). The van der Waals surface area contributed by atoms with Crippen molar-refractivity contribution in [3.8, 4) is 0 Å². The predicted octanol–water partition coefficient (Wildman–Crippen LogP) is 4.59. The molecular formula is C18H19NS. The molecule has 0 amide bonds. The number of hydrogen-bond acceptors (Lipinski definition) is 1. The maximum atomic E-state index is 5.63. The average Bonchev–Trinajstić information content (AvgIpc) is 2.52. The average molecular weight is 281 g/mol. The number of rotatable bonds is 3. The molecule has 0 radical (unpaired) electrons. The Balaban J connectivity index is 2.02. The maximum Gasteiger partial charge on any atom is 0.0800 e. The molecule has 2 aromatic carbocycles. The third-order valence-electron chi connectivity index (χ3n) is 3.90. The fraction of sp³-hybridized carbons (Fsp3) is 0.278. The van der Waals surface area contributed by atoms with Gasteiger partial charge in [0.1, 0.15) is 0 Å². The van der Waals surface area contributed by atoms with Crippen molar-refractivity contribution >= 4 is 17.2 Å². The van der Waals surface area contributed by atoms with Gasteiger partial charge in [0, 0.05) is 6.54 Å². The highest BCUT2D eigenvalue weighted by molar-refractivity contribution is 7.80. The lowest BCUT2D eigenvalue weighted by Gasteiger charge is -2.37. The SMILES string of the molecule is S=C1CCCCN1C(c1ccccc1)c1ccccc1. The van der Waals surface area contributed by atoms with Gasteiger partial charge in [-0.15, -0.1) is 0 Å². The van der Waals surface area contributed by atoms with E-state index >= 15 is 0 Å². The molecule has 0 spiro atoms. The summed E-state index contributed by atoms with van der Waals surface area (Å²) in [6.45, 7) is 1.06. The van der Waals surface area contributed by atoms with Gasteiger partial charge in [-0.3, -0.25) is 0 Å². The van der Waals surface area contributed by atoms with E-state index in [9.17, 15) is 0 Å². The molecule has 1 fully saturated rings. The van der Waals surface area contributed by atoms with Crippen LogP contribution in [-0.2, 0) is 0 Å². The highest BCUT2D eigenvalue weighted by Crippen LogP contribution is 2.31. The van der Waals surface area contributed by atoms with Crippen LogP contribution < -0.4 is 0 Å². The van der Waals surface area contributed by atoms with E-state index in [0.717, 1.165) is 18.0 Å². The normalized spacial score (nSPS) is 15.7. The van der Waals surface area contributed by atoms with Crippen LogP contribution in [0.5, 0.6) is 0 Å². The fourth-order valence-corrected chi connectivity index (χ4v) is 3.26. The van der Waals surface area contributed by atoms with Crippen LogP contribution in [0.25, 0.3) is 0 Å². The molecule has 0 saturated carbocycles. The Hall–Kier alpha value is -1.67. The molecule has 2 aromatic rings. The van der Waals surface area contributed by atoms with E-state index in [0.29, 0.717) is 0 Å². The first kappa shape index (κ1) is 13.3. The van der Waals surface area contributed by atoms with Crippen molar-refractivity contribution in [3.63, 3.8) is 0 Å². The van der Waals surface area contributed by atoms with Crippen LogP contribution in [0, 0.1) is 0 Å². The molecule has 0 unspecified atom stereocenters. The van der Waals surface area contributed by atoms with Crippen LogP contribution in [0.2, 0.25) is 0 Å². The summed E-state index contributed by atoms with van der Waals surface area (Å²) in [5.74, 6) is 0. The molecule has 0 N–H and O–H groups in total. The fourth-order valence-electron chi connectivity index (χ4n) is 2.92. The van der Waals surface area contributed by atoms with Gasteiger partial charge >= 0.3 is 0 Å². The summed E-state index contributed by atoms with van der Waals surface area (Å²) >= 11 is 5.63. The summed E-state index contributed by atoms with van der Waals surface area (Å²) in [7, 11) is 0. The van der Waals surface area contributed by atoms with Crippen molar-refractivity contribution in [3.05, 3.63) is 71.8 Å². The summed E-state index contributed by atoms with van der Waals surface area (Å²) in [6.07, 6.45) is 3.51. The second-order valence-corrected chi connectivity index (χ2v) is 5.74. The topological polar surface area (TPSA) is 3.24 Å². The zero-order valence-corrected chi connectivity index (χ0v) is 12.4. The van der Waals surface area contributed by atoms with Crippen molar-refractivity contribution in [2.24, 2.45) is 0 Å². The van der Waals surface area contributed by atoms with Gasteiger partial charge in [-0.05, 0) is 30.4 Å². The summed E-state index contributed by atoms with van der Waals surface area (Å²) in [4.78, 5) is 3.51. The predicted molar refractivity (Wildman–Crippen MR) is 87.9 cm³/mol. The molecule has 0 atom stereocenters. The monoisotopic (exact) mass is 281 g/mol. The standard InChI is InChI=1S/C18H19NS/c20-17-13-7-8-14-19(17)18(15-9-3-1-4-10-15)16-11-5-2-6-12-16/h1-6,9-12,18H,7-8,13-14H2. The molecule has 1 aliphatic heterocycles. The Labute approximate surface area is 126 Å². The summed E-state index contributed by atoms with van der Waals surface area (Å²) < 4.78 is 0. The Kier molecular flexibility index (Phi) is 4.12. The summed E-state index contributed by atoms with van der Waals surface area (Å²) in [6, 6.07) is 21.6. The maximum absolute atomic E-state index is 5.63. The van der Waals surface area contributed by atoms with Crippen LogP contribution in [0.4, 0.5) is 0 Å². The smallest absolute Gasteiger partial charge is 0.0800 e. The van der Waals surface area contributed by atoms with E-state index in [-0.39, 0.29) is 6.04 Å². The highest BCUT2D eigenvalue weighted by atomic mass is 32.1. The Morgan fingerprint density at radius 2 is 1.35 bits per heavy atom. The van der Waals surface area contributed by atoms with Gasteiger partial charge in [0.15, 0.2) is 0 Å². The Bertz CT molecular complexity index is 525. The van der Waals surface area contributed by atoms with Crippen LogP contribution in [-0.4, -0.2) is 16.4 Å². The molecule has 1 heterocycles. The van der Waals surface area contributed by atoms with Crippen molar-refractivity contribution in [1.29, 1.82) is 0 Å². The van der Waals surface area contributed by atoms with Gasteiger partial charge in [-0.2, -0.15) is 0 Å². The van der Waals surface area contributed by atoms with Gasteiger partial charge < -0.3 is 4.90 Å². The van der Waals surface area contributed by atoms with Crippen molar-refractivity contribution in [2.75, 3.05) is 6.54 Å². The van der Waals surface area contributed by atoms with Crippen LogP contribution in [0.1, 0.15) is 36.4 Å². The molecule has 20 heavy (non-hydrogen) atoms. The molecule has 0 aromatic heterocycles. The number of thiocarbonyl (C=S) groups is 1. The summed E-state index contributed by atoms with van der Waals surface area (Å²) in [5, 5.41) is 0. The van der Waals surface area contributed by atoms with Crippen LogP contribution >= 0.6 is 12.2 Å². The number of likely N-dealkylation sites (tertiary alicyclic amines) is 1. The Morgan fingerprint density at radius 1 is 0.800 bits per heavy atom.